The van der Waals surface area contributed by atoms with Crippen LogP contribution in [0, 0.1) is 0 Å². The molecule has 1 saturated heterocycles. The van der Waals surface area contributed by atoms with Crippen molar-refractivity contribution in [2.45, 2.75) is 76.7 Å². The predicted molar refractivity (Wildman–Crippen MR) is 184 cm³/mol. The fourth-order valence-electron chi connectivity index (χ4n) is 5.98. The van der Waals surface area contributed by atoms with Crippen LogP contribution >= 0.6 is 0 Å². The molecule has 5 rings (SSSR count). The monoisotopic (exact) mass is 651 g/mol. The summed E-state index contributed by atoms with van der Waals surface area (Å²) < 4.78 is 13.3. The molecule has 0 radical (unpaired) electrons. The molecule has 0 saturated carbocycles. The number of amides is 2. The van der Waals surface area contributed by atoms with Gasteiger partial charge < -0.3 is 19.9 Å². The first kappa shape index (κ1) is 34.9. The molecule has 4 N–H and O–H groups in total. The average Bonchev–Trinajstić information content (AvgIpc) is 3.12. The van der Waals surface area contributed by atoms with Gasteiger partial charge in [0.25, 0.3) is 0 Å². The normalized spacial score (nSPS) is 17.6. The molecule has 1 heterocycles. The van der Waals surface area contributed by atoms with Crippen LogP contribution in [0.5, 0.6) is 0 Å². The Balaban J connectivity index is 1.31. The highest BCUT2D eigenvalue weighted by Gasteiger charge is 2.33. The minimum Gasteiger partial charge on any atom is -0.392 e. The molecule has 0 bridgehead atoms. The number of ether oxygens (including phenoxy) is 2. The smallest absolute Gasteiger partial charge is 0.243 e. The van der Waals surface area contributed by atoms with E-state index in [4.69, 9.17) is 14.7 Å². The van der Waals surface area contributed by atoms with Crippen molar-refractivity contribution in [3.05, 3.63) is 137 Å². The van der Waals surface area contributed by atoms with Crippen LogP contribution in [0.4, 0.5) is 5.69 Å². The van der Waals surface area contributed by atoms with Gasteiger partial charge in [-0.2, -0.15) is 0 Å². The van der Waals surface area contributed by atoms with Crippen LogP contribution < -0.4 is 10.8 Å². The van der Waals surface area contributed by atoms with Crippen molar-refractivity contribution in [3.8, 4) is 0 Å². The summed E-state index contributed by atoms with van der Waals surface area (Å²) in [6, 6.07) is 36.3. The molecular weight excluding hydrogens is 606 g/mol. The Morgan fingerprint density at radius 2 is 1.35 bits per heavy atom. The number of hydrogen-bond acceptors (Lipinski definition) is 7. The number of anilines is 1. The van der Waals surface area contributed by atoms with Crippen LogP contribution in [-0.2, 0) is 38.8 Å². The van der Waals surface area contributed by atoms with E-state index in [9.17, 15) is 14.7 Å². The third-order valence-corrected chi connectivity index (χ3v) is 8.45. The second-order valence-electron chi connectivity index (χ2n) is 12.3. The maximum absolute atomic E-state index is 12.7. The van der Waals surface area contributed by atoms with Gasteiger partial charge in [-0.3, -0.25) is 19.7 Å². The number of hydroxylamine groups is 1. The van der Waals surface area contributed by atoms with Crippen LogP contribution in [0.2, 0.25) is 0 Å². The molecule has 48 heavy (non-hydrogen) atoms. The lowest BCUT2D eigenvalue weighted by Gasteiger charge is -2.38. The molecule has 0 aromatic heterocycles. The molecule has 0 aliphatic carbocycles. The third kappa shape index (κ3) is 10.8. The van der Waals surface area contributed by atoms with Gasteiger partial charge in [-0.25, -0.2) is 5.48 Å². The lowest BCUT2D eigenvalue weighted by molar-refractivity contribution is -0.253. The summed E-state index contributed by atoms with van der Waals surface area (Å²) in [5.41, 5.74) is 7.41. The van der Waals surface area contributed by atoms with Gasteiger partial charge in [-0.15, -0.1) is 0 Å². The highest BCUT2D eigenvalue weighted by atomic mass is 16.7. The summed E-state index contributed by atoms with van der Waals surface area (Å²) in [5, 5.41) is 21.2. The SMILES string of the molecule is O=C(CCCCCC(=O)Nc1cccc(C2OC(CN(Cc3ccccc3)Cc3ccccc3)CC(c3ccc(CO)cc3)O2)c1)NO. The minimum atomic E-state index is -0.656. The standard InChI is InChI=1S/C39H45N3O6/c43-28-31-19-21-32(22-20-31)36-24-35(27-42(25-29-11-4-1-5-12-29)26-30-13-6-2-7-14-30)47-39(48-36)33-15-10-16-34(23-33)40-37(44)17-8-3-9-18-38(45)41-46/h1-2,4-7,10-16,19-23,35-36,39,43,46H,3,8-9,17-18,24-28H2,(H,40,44)(H,41,45). The Labute approximate surface area is 282 Å². The van der Waals surface area contributed by atoms with Crippen molar-refractivity contribution < 1.29 is 29.4 Å². The van der Waals surface area contributed by atoms with Gasteiger partial charge in [-0.05, 0) is 47.2 Å². The molecule has 2 amide bonds. The van der Waals surface area contributed by atoms with Crippen molar-refractivity contribution >= 4 is 17.5 Å². The highest BCUT2D eigenvalue weighted by molar-refractivity contribution is 5.90. The molecule has 3 unspecified atom stereocenters. The van der Waals surface area contributed by atoms with E-state index in [1.165, 1.54) is 11.1 Å². The molecule has 4 aromatic carbocycles. The first-order valence-corrected chi connectivity index (χ1v) is 16.6. The molecule has 0 spiro atoms. The van der Waals surface area contributed by atoms with Crippen molar-refractivity contribution in [3.63, 3.8) is 0 Å². The Bertz CT molecular complexity index is 1530. The number of benzene rings is 4. The molecular formula is C39H45N3O6. The Kier molecular flexibility index (Phi) is 13.3. The van der Waals surface area contributed by atoms with E-state index in [2.05, 4.69) is 58.7 Å². The molecule has 252 valence electrons. The van der Waals surface area contributed by atoms with Crippen molar-refractivity contribution in [2.24, 2.45) is 0 Å². The Morgan fingerprint density at radius 3 is 1.98 bits per heavy atom. The summed E-state index contributed by atoms with van der Waals surface area (Å²) in [6.07, 6.45) is 2.12. The number of carbonyl (C=O) groups excluding carboxylic acids is 2. The minimum absolute atomic E-state index is 0.0204. The lowest BCUT2D eigenvalue weighted by atomic mass is 9.99. The first-order valence-electron chi connectivity index (χ1n) is 16.6. The van der Waals surface area contributed by atoms with Gasteiger partial charge in [0.15, 0.2) is 6.29 Å². The number of aliphatic hydroxyl groups is 1. The van der Waals surface area contributed by atoms with Gasteiger partial charge >= 0.3 is 0 Å². The summed E-state index contributed by atoms with van der Waals surface area (Å²) in [6.45, 7) is 2.21. The maximum Gasteiger partial charge on any atom is 0.243 e. The lowest BCUT2D eigenvalue weighted by Crippen LogP contribution is -2.39. The summed E-state index contributed by atoms with van der Waals surface area (Å²) in [4.78, 5) is 26.3. The molecule has 9 heteroatoms. The van der Waals surface area contributed by atoms with E-state index >= 15 is 0 Å². The van der Waals surface area contributed by atoms with Crippen LogP contribution in [0.25, 0.3) is 0 Å². The van der Waals surface area contributed by atoms with E-state index in [1.807, 2.05) is 60.7 Å². The van der Waals surface area contributed by atoms with Crippen molar-refractivity contribution in [1.29, 1.82) is 0 Å². The molecule has 4 aromatic rings. The Morgan fingerprint density at radius 1 is 0.708 bits per heavy atom. The van der Waals surface area contributed by atoms with E-state index in [0.717, 1.165) is 29.8 Å². The van der Waals surface area contributed by atoms with Gasteiger partial charge in [0.05, 0.1) is 18.8 Å². The molecule has 1 aliphatic rings. The summed E-state index contributed by atoms with van der Waals surface area (Å²) in [7, 11) is 0. The second-order valence-corrected chi connectivity index (χ2v) is 12.3. The quantitative estimate of drug-likeness (QED) is 0.0596. The number of rotatable bonds is 16. The molecule has 1 aliphatic heterocycles. The zero-order valence-corrected chi connectivity index (χ0v) is 27.2. The van der Waals surface area contributed by atoms with E-state index in [-0.39, 0.29) is 31.1 Å². The van der Waals surface area contributed by atoms with Gasteiger partial charge in [0, 0.05) is 50.1 Å². The van der Waals surface area contributed by atoms with Crippen LogP contribution in [0.15, 0.2) is 109 Å². The number of unbranched alkanes of at least 4 members (excludes halogenated alkanes) is 2. The van der Waals surface area contributed by atoms with Crippen LogP contribution in [0.1, 0.15) is 78.7 Å². The largest absolute Gasteiger partial charge is 0.392 e. The van der Waals surface area contributed by atoms with Crippen molar-refractivity contribution in [1.82, 2.24) is 10.4 Å². The van der Waals surface area contributed by atoms with Crippen LogP contribution in [-0.4, -0.2) is 39.7 Å². The fraction of sp³-hybridized carbons (Fsp3) is 0.333. The van der Waals surface area contributed by atoms with E-state index < -0.39 is 12.2 Å². The van der Waals surface area contributed by atoms with Crippen molar-refractivity contribution in [2.75, 3.05) is 11.9 Å². The number of carbonyl (C=O) groups is 2. The topological polar surface area (TPSA) is 120 Å². The predicted octanol–water partition coefficient (Wildman–Crippen LogP) is 6.82. The summed E-state index contributed by atoms with van der Waals surface area (Å²) in [5.74, 6) is -0.531. The van der Waals surface area contributed by atoms with Gasteiger partial charge in [0.2, 0.25) is 11.8 Å². The number of nitrogens with one attached hydrogen (secondary N) is 2. The Hall–Kier alpha value is -4.38. The zero-order chi connectivity index (χ0) is 33.6. The first-order chi connectivity index (χ1) is 23.5. The van der Waals surface area contributed by atoms with Gasteiger partial charge in [-0.1, -0.05) is 103 Å². The van der Waals surface area contributed by atoms with Gasteiger partial charge in [0.1, 0.15) is 0 Å². The third-order valence-electron chi connectivity index (χ3n) is 8.45. The van der Waals surface area contributed by atoms with E-state index in [0.29, 0.717) is 44.3 Å². The molecule has 3 atom stereocenters. The fourth-order valence-corrected chi connectivity index (χ4v) is 5.98. The molecule has 1 fully saturated rings. The molecule has 9 nitrogen and oxygen atoms in total. The average molecular weight is 652 g/mol. The number of nitrogens with zero attached hydrogens (tertiary/aromatic N) is 1. The highest BCUT2D eigenvalue weighted by Crippen LogP contribution is 2.39. The number of aliphatic hydroxyl groups excluding tert-OH is 1. The van der Waals surface area contributed by atoms with E-state index in [1.54, 1.807) is 5.48 Å². The summed E-state index contributed by atoms with van der Waals surface area (Å²) >= 11 is 0. The second kappa shape index (κ2) is 18.2. The number of hydrogen-bond donors (Lipinski definition) is 4. The van der Waals surface area contributed by atoms with Crippen LogP contribution in [0.3, 0.4) is 0 Å². The maximum atomic E-state index is 12.7. The zero-order valence-electron chi connectivity index (χ0n) is 27.2.